The van der Waals surface area contributed by atoms with E-state index in [1.54, 1.807) is 6.20 Å². The zero-order valence-electron chi connectivity index (χ0n) is 11.3. The van der Waals surface area contributed by atoms with Crippen molar-refractivity contribution in [3.63, 3.8) is 0 Å². The lowest BCUT2D eigenvalue weighted by Gasteiger charge is -2.51. The molecule has 1 heteroatoms. The van der Waals surface area contributed by atoms with Crippen molar-refractivity contribution in [1.82, 2.24) is 5.32 Å². The number of hydrogen-bond acceptors (Lipinski definition) is 1. The molecule has 0 saturated heterocycles. The van der Waals surface area contributed by atoms with Crippen LogP contribution in [0.15, 0.2) is 48.9 Å². The van der Waals surface area contributed by atoms with Crippen molar-refractivity contribution in [3.8, 4) is 0 Å². The molecule has 0 heterocycles. The lowest BCUT2D eigenvalue weighted by Crippen LogP contribution is -2.44. The van der Waals surface area contributed by atoms with Gasteiger partial charge >= 0.3 is 0 Å². The number of rotatable bonds is 4. The molecule has 0 aromatic rings. The number of nitrogens with one attached hydrogen (secondary N) is 1. The van der Waals surface area contributed by atoms with Crippen LogP contribution >= 0.6 is 0 Å². The quantitative estimate of drug-likeness (QED) is 0.773. The summed E-state index contributed by atoms with van der Waals surface area (Å²) in [5.41, 5.74) is 3.47. The molecule has 1 N–H and O–H groups in total. The van der Waals surface area contributed by atoms with Crippen LogP contribution in [0.25, 0.3) is 0 Å². The van der Waals surface area contributed by atoms with E-state index in [-0.39, 0.29) is 5.41 Å². The Morgan fingerprint density at radius 1 is 1.44 bits per heavy atom. The SMILES string of the molecule is C=CNC(=C)C1(C2=CC(C)CC=C2)CC2(CC2)C1. The van der Waals surface area contributed by atoms with Crippen LogP contribution in [0.1, 0.15) is 39.0 Å². The van der Waals surface area contributed by atoms with Gasteiger partial charge < -0.3 is 5.32 Å². The maximum atomic E-state index is 4.28. The predicted octanol–water partition coefficient (Wildman–Crippen LogP) is 4.32. The zero-order valence-corrected chi connectivity index (χ0v) is 11.3. The summed E-state index contributed by atoms with van der Waals surface area (Å²) >= 11 is 0. The van der Waals surface area contributed by atoms with Crippen LogP contribution in [-0.2, 0) is 0 Å². The molecule has 3 aliphatic rings. The Morgan fingerprint density at radius 2 is 2.17 bits per heavy atom. The van der Waals surface area contributed by atoms with E-state index < -0.39 is 0 Å². The standard InChI is InChI=1S/C17H23N/c1-4-18-14(3)17(11-16(12-17)8-9-16)15-7-5-6-13(2)10-15/h4-5,7,10,13,18H,1,3,6,8-9,11-12H2,2H3. The lowest BCUT2D eigenvalue weighted by molar-refractivity contribution is 0.109. The summed E-state index contributed by atoms with van der Waals surface area (Å²) in [6.07, 6.45) is 15.4. The fourth-order valence-electron chi connectivity index (χ4n) is 3.77. The molecule has 0 amide bonds. The average molecular weight is 241 g/mol. The van der Waals surface area contributed by atoms with Crippen molar-refractivity contribution in [2.24, 2.45) is 16.7 Å². The number of hydrogen-bond donors (Lipinski definition) is 1. The summed E-state index contributed by atoms with van der Waals surface area (Å²) in [6, 6.07) is 0. The van der Waals surface area contributed by atoms with Gasteiger partial charge in [-0.2, -0.15) is 0 Å². The van der Waals surface area contributed by atoms with Crippen LogP contribution in [0, 0.1) is 16.7 Å². The topological polar surface area (TPSA) is 12.0 Å². The van der Waals surface area contributed by atoms with Gasteiger partial charge in [-0.15, -0.1) is 0 Å². The molecule has 2 saturated carbocycles. The van der Waals surface area contributed by atoms with Crippen LogP contribution in [0.5, 0.6) is 0 Å². The van der Waals surface area contributed by atoms with E-state index in [1.807, 2.05) is 0 Å². The van der Waals surface area contributed by atoms with Crippen molar-refractivity contribution < 1.29 is 0 Å². The molecule has 18 heavy (non-hydrogen) atoms. The molecule has 2 fully saturated rings. The first kappa shape index (κ1) is 11.8. The van der Waals surface area contributed by atoms with Crippen LogP contribution in [0.4, 0.5) is 0 Å². The minimum Gasteiger partial charge on any atom is -0.365 e. The van der Waals surface area contributed by atoms with Gasteiger partial charge in [0.1, 0.15) is 0 Å². The fourth-order valence-corrected chi connectivity index (χ4v) is 3.77. The third-order valence-corrected chi connectivity index (χ3v) is 4.99. The molecule has 0 aromatic heterocycles. The Kier molecular flexibility index (Phi) is 2.55. The normalized spacial score (nSPS) is 30.3. The summed E-state index contributed by atoms with van der Waals surface area (Å²) in [4.78, 5) is 0. The van der Waals surface area contributed by atoms with E-state index in [0.29, 0.717) is 11.3 Å². The van der Waals surface area contributed by atoms with Crippen LogP contribution < -0.4 is 5.32 Å². The van der Waals surface area contributed by atoms with Gasteiger partial charge in [0.15, 0.2) is 0 Å². The van der Waals surface area contributed by atoms with Gasteiger partial charge in [0.2, 0.25) is 0 Å². The molecule has 1 unspecified atom stereocenters. The highest BCUT2D eigenvalue weighted by Crippen LogP contribution is 2.72. The minimum atomic E-state index is 0.176. The van der Waals surface area contributed by atoms with Crippen molar-refractivity contribution in [1.29, 1.82) is 0 Å². The molecule has 96 valence electrons. The van der Waals surface area contributed by atoms with Gasteiger partial charge in [-0.05, 0) is 55.2 Å². The van der Waals surface area contributed by atoms with Gasteiger partial charge in [0, 0.05) is 11.1 Å². The summed E-state index contributed by atoms with van der Waals surface area (Å²) in [5, 5.41) is 3.26. The van der Waals surface area contributed by atoms with Gasteiger partial charge in [0.05, 0.1) is 0 Å². The van der Waals surface area contributed by atoms with E-state index in [9.17, 15) is 0 Å². The van der Waals surface area contributed by atoms with E-state index in [0.717, 1.165) is 5.70 Å². The third-order valence-electron chi connectivity index (χ3n) is 4.99. The van der Waals surface area contributed by atoms with E-state index in [2.05, 4.69) is 43.6 Å². The van der Waals surface area contributed by atoms with Crippen molar-refractivity contribution in [2.45, 2.75) is 39.0 Å². The Balaban J connectivity index is 1.88. The Morgan fingerprint density at radius 3 is 2.72 bits per heavy atom. The molecular weight excluding hydrogens is 218 g/mol. The van der Waals surface area contributed by atoms with Gasteiger partial charge in [-0.3, -0.25) is 0 Å². The second kappa shape index (κ2) is 3.88. The highest BCUT2D eigenvalue weighted by atomic mass is 14.9. The number of allylic oxidation sites excluding steroid dienone is 4. The minimum absolute atomic E-state index is 0.176. The van der Waals surface area contributed by atoms with Gasteiger partial charge in [-0.1, -0.05) is 38.3 Å². The first-order valence-corrected chi connectivity index (χ1v) is 7.06. The molecule has 1 nitrogen and oxygen atoms in total. The molecule has 3 rings (SSSR count). The summed E-state index contributed by atoms with van der Waals surface area (Å²) in [7, 11) is 0. The van der Waals surface area contributed by atoms with E-state index >= 15 is 0 Å². The Bertz CT molecular complexity index is 440. The molecule has 0 aromatic carbocycles. The third kappa shape index (κ3) is 1.68. The van der Waals surface area contributed by atoms with Crippen LogP contribution in [0.3, 0.4) is 0 Å². The first-order valence-electron chi connectivity index (χ1n) is 7.06. The highest BCUT2D eigenvalue weighted by Gasteiger charge is 2.62. The monoisotopic (exact) mass is 241 g/mol. The van der Waals surface area contributed by atoms with Gasteiger partial charge in [-0.25, -0.2) is 0 Å². The van der Waals surface area contributed by atoms with E-state index in [4.69, 9.17) is 0 Å². The molecular formula is C17H23N. The summed E-state index contributed by atoms with van der Waals surface area (Å²) in [6.45, 7) is 10.3. The lowest BCUT2D eigenvalue weighted by atomic mass is 9.54. The van der Waals surface area contributed by atoms with Crippen molar-refractivity contribution in [2.75, 3.05) is 0 Å². The second-order valence-electron chi connectivity index (χ2n) is 6.50. The molecule has 3 aliphatic carbocycles. The Labute approximate surface area is 110 Å². The maximum absolute atomic E-state index is 4.28. The summed E-state index contributed by atoms with van der Waals surface area (Å²) < 4.78 is 0. The van der Waals surface area contributed by atoms with Gasteiger partial charge in [0.25, 0.3) is 0 Å². The average Bonchev–Trinajstić information content (AvgIpc) is 3.06. The molecule has 0 aliphatic heterocycles. The maximum Gasteiger partial charge on any atom is 0.0354 e. The second-order valence-corrected chi connectivity index (χ2v) is 6.50. The smallest absolute Gasteiger partial charge is 0.0354 e. The highest BCUT2D eigenvalue weighted by molar-refractivity contribution is 5.43. The summed E-state index contributed by atoms with van der Waals surface area (Å²) in [5.74, 6) is 0.661. The predicted molar refractivity (Wildman–Crippen MR) is 76.8 cm³/mol. The van der Waals surface area contributed by atoms with Crippen molar-refractivity contribution >= 4 is 0 Å². The van der Waals surface area contributed by atoms with Crippen LogP contribution in [0.2, 0.25) is 0 Å². The molecule has 0 bridgehead atoms. The molecule has 0 radical (unpaired) electrons. The fraction of sp³-hybridized carbons (Fsp3) is 0.529. The zero-order chi connectivity index (χ0) is 12.8. The first-order chi connectivity index (χ1) is 8.60. The largest absolute Gasteiger partial charge is 0.365 e. The Hall–Kier alpha value is -1.24. The molecule has 1 spiro atoms. The van der Waals surface area contributed by atoms with Crippen molar-refractivity contribution in [3.05, 3.63) is 48.9 Å². The van der Waals surface area contributed by atoms with E-state index in [1.165, 1.54) is 37.7 Å². The molecule has 1 atom stereocenters. The van der Waals surface area contributed by atoms with Crippen LogP contribution in [-0.4, -0.2) is 0 Å².